The zero-order chi connectivity index (χ0) is 15.0. The summed E-state index contributed by atoms with van der Waals surface area (Å²) in [6, 6.07) is 3.28. The van der Waals surface area contributed by atoms with Crippen molar-refractivity contribution in [3.63, 3.8) is 0 Å². The van der Waals surface area contributed by atoms with Crippen LogP contribution in [-0.2, 0) is 12.4 Å². The molecule has 0 spiro atoms. The molecule has 1 fully saturated rings. The Balaban J connectivity index is 1.97. The lowest BCUT2D eigenvalue weighted by Crippen LogP contribution is -2.34. The van der Waals surface area contributed by atoms with Crippen molar-refractivity contribution in [2.45, 2.75) is 25.3 Å². The molecule has 1 aliphatic heterocycles. The van der Waals surface area contributed by atoms with E-state index in [1.165, 1.54) is 12.8 Å². The van der Waals surface area contributed by atoms with Crippen LogP contribution in [0, 0.1) is 11.7 Å². The van der Waals surface area contributed by atoms with Crippen molar-refractivity contribution in [3.8, 4) is 0 Å². The third-order valence-electron chi connectivity index (χ3n) is 4.15. The average molecular weight is 375 g/mol. The predicted octanol–water partition coefficient (Wildman–Crippen LogP) is 4.02. The number of imidazole rings is 1. The normalized spacial score (nSPS) is 20.3. The fourth-order valence-corrected chi connectivity index (χ4v) is 3.69. The topological polar surface area (TPSA) is 21.1 Å². The van der Waals surface area contributed by atoms with E-state index in [4.69, 9.17) is 11.6 Å². The van der Waals surface area contributed by atoms with Gasteiger partial charge in [0.1, 0.15) is 11.6 Å². The van der Waals surface area contributed by atoms with Crippen molar-refractivity contribution in [2.75, 3.05) is 20.1 Å². The van der Waals surface area contributed by atoms with Gasteiger partial charge in [0, 0.05) is 19.2 Å². The van der Waals surface area contributed by atoms with Crippen LogP contribution in [0.1, 0.15) is 18.7 Å². The summed E-state index contributed by atoms with van der Waals surface area (Å²) in [6.45, 7) is 3.08. The minimum absolute atomic E-state index is 0.259. The van der Waals surface area contributed by atoms with Crippen LogP contribution in [0.2, 0.25) is 0 Å². The number of hydrogen-bond acceptors (Lipinski definition) is 2. The van der Waals surface area contributed by atoms with E-state index in [1.807, 2.05) is 0 Å². The molecule has 3 rings (SSSR count). The molecule has 1 aromatic heterocycles. The fourth-order valence-electron chi connectivity index (χ4n) is 3.16. The first-order valence-electron chi connectivity index (χ1n) is 7.17. The molecular weight excluding hydrogens is 357 g/mol. The summed E-state index contributed by atoms with van der Waals surface area (Å²) in [5.74, 6) is 1.47. The van der Waals surface area contributed by atoms with Gasteiger partial charge in [0.2, 0.25) is 0 Å². The number of aromatic nitrogens is 2. The van der Waals surface area contributed by atoms with Gasteiger partial charge in [-0.3, -0.25) is 0 Å². The third kappa shape index (κ3) is 3.10. The van der Waals surface area contributed by atoms with Gasteiger partial charge < -0.3 is 9.47 Å². The second-order valence-electron chi connectivity index (χ2n) is 5.80. The molecular formula is C15H18BrClFN3. The fraction of sp³-hybridized carbons (Fsp3) is 0.533. The number of nitrogens with zero attached hydrogens (tertiary/aromatic N) is 3. The van der Waals surface area contributed by atoms with Gasteiger partial charge in [0.05, 0.1) is 21.4 Å². The molecule has 2 heterocycles. The van der Waals surface area contributed by atoms with Gasteiger partial charge in [0.25, 0.3) is 0 Å². The quantitative estimate of drug-likeness (QED) is 0.757. The highest BCUT2D eigenvalue weighted by atomic mass is 79.9. The van der Waals surface area contributed by atoms with Crippen LogP contribution in [0.15, 0.2) is 16.6 Å². The van der Waals surface area contributed by atoms with Gasteiger partial charge in [-0.2, -0.15) is 0 Å². The highest BCUT2D eigenvalue weighted by Gasteiger charge is 2.21. The van der Waals surface area contributed by atoms with Crippen molar-refractivity contribution >= 4 is 38.6 Å². The minimum atomic E-state index is -0.259. The summed E-state index contributed by atoms with van der Waals surface area (Å²) in [5.41, 5.74) is 1.63. The van der Waals surface area contributed by atoms with E-state index < -0.39 is 0 Å². The average Bonchev–Trinajstić information content (AvgIpc) is 2.77. The molecule has 0 bridgehead atoms. The van der Waals surface area contributed by atoms with Crippen LogP contribution in [0.4, 0.5) is 4.39 Å². The van der Waals surface area contributed by atoms with Crippen molar-refractivity contribution in [1.29, 1.82) is 0 Å². The molecule has 0 amide bonds. The van der Waals surface area contributed by atoms with E-state index in [1.54, 1.807) is 12.1 Å². The molecule has 1 aromatic carbocycles. The molecule has 1 saturated heterocycles. The van der Waals surface area contributed by atoms with Crippen molar-refractivity contribution < 1.29 is 4.39 Å². The Hall–Kier alpha value is -0.650. The Labute approximate surface area is 137 Å². The number of likely N-dealkylation sites (tertiary alicyclic amines) is 1. The SMILES string of the molecule is CN1CCCC(Cn2c(CCl)nc3cc(Br)c(F)cc32)C1. The van der Waals surface area contributed by atoms with Gasteiger partial charge >= 0.3 is 0 Å². The van der Waals surface area contributed by atoms with Gasteiger partial charge in [0.15, 0.2) is 0 Å². The second kappa shape index (κ2) is 6.23. The van der Waals surface area contributed by atoms with Crippen molar-refractivity contribution in [3.05, 3.63) is 28.2 Å². The maximum atomic E-state index is 13.9. The molecule has 21 heavy (non-hydrogen) atoms. The molecule has 114 valence electrons. The van der Waals surface area contributed by atoms with E-state index in [-0.39, 0.29) is 5.82 Å². The van der Waals surface area contributed by atoms with E-state index in [9.17, 15) is 4.39 Å². The molecule has 0 N–H and O–H groups in total. The summed E-state index contributed by atoms with van der Waals surface area (Å²) in [6.07, 6.45) is 2.41. The Morgan fingerprint density at radius 2 is 2.29 bits per heavy atom. The van der Waals surface area contributed by atoms with Gasteiger partial charge in [-0.15, -0.1) is 11.6 Å². The first kappa shape index (κ1) is 15.3. The van der Waals surface area contributed by atoms with Gasteiger partial charge in [-0.05, 0) is 54.3 Å². The molecule has 1 atom stereocenters. The van der Waals surface area contributed by atoms with Crippen LogP contribution in [0.25, 0.3) is 11.0 Å². The van der Waals surface area contributed by atoms with E-state index in [0.29, 0.717) is 16.3 Å². The highest BCUT2D eigenvalue weighted by Crippen LogP contribution is 2.27. The zero-order valence-electron chi connectivity index (χ0n) is 12.0. The molecule has 0 radical (unpaired) electrons. The summed E-state index contributed by atoms with van der Waals surface area (Å²) in [7, 11) is 2.15. The molecule has 2 aromatic rings. The molecule has 1 unspecified atom stereocenters. The summed E-state index contributed by atoms with van der Waals surface area (Å²) in [5, 5.41) is 0. The monoisotopic (exact) mass is 373 g/mol. The Morgan fingerprint density at radius 3 is 3.00 bits per heavy atom. The summed E-state index contributed by atoms with van der Waals surface area (Å²) >= 11 is 9.24. The number of halogens is 3. The Bertz CT molecular complexity index is 658. The smallest absolute Gasteiger partial charge is 0.139 e. The summed E-state index contributed by atoms with van der Waals surface area (Å²) < 4.78 is 16.4. The van der Waals surface area contributed by atoms with E-state index in [2.05, 4.69) is 37.4 Å². The zero-order valence-corrected chi connectivity index (χ0v) is 14.3. The molecule has 3 nitrogen and oxygen atoms in total. The molecule has 0 aliphatic carbocycles. The molecule has 0 saturated carbocycles. The van der Waals surface area contributed by atoms with Crippen LogP contribution < -0.4 is 0 Å². The number of alkyl halides is 1. The van der Waals surface area contributed by atoms with E-state index in [0.717, 1.165) is 36.5 Å². The van der Waals surface area contributed by atoms with Gasteiger partial charge in [-0.1, -0.05) is 0 Å². The lowest BCUT2D eigenvalue weighted by atomic mass is 9.98. The molecule has 6 heteroatoms. The number of fused-ring (bicyclic) bond motifs is 1. The number of rotatable bonds is 3. The number of hydrogen-bond donors (Lipinski definition) is 0. The van der Waals surface area contributed by atoms with Crippen LogP contribution in [-0.4, -0.2) is 34.6 Å². The first-order valence-corrected chi connectivity index (χ1v) is 8.50. The first-order chi connectivity index (χ1) is 10.1. The lowest BCUT2D eigenvalue weighted by molar-refractivity contribution is 0.195. The minimum Gasteiger partial charge on any atom is -0.327 e. The maximum absolute atomic E-state index is 13.9. The predicted molar refractivity (Wildman–Crippen MR) is 87.2 cm³/mol. The number of benzene rings is 1. The van der Waals surface area contributed by atoms with E-state index >= 15 is 0 Å². The van der Waals surface area contributed by atoms with Crippen molar-refractivity contribution in [1.82, 2.24) is 14.5 Å². The Kier molecular flexibility index (Phi) is 4.52. The van der Waals surface area contributed by atoms with Crippen molar-refractivity contribution in [2.24, 2.45) is 5.92 Å². The number of piperidine rings is 1. The van der Waals surface area contributed by atoms with Crippen LogP contribution in [0.3, 0.4) is 0 Å². The van der Waals surface area contributed by atoms with Gasteiger partial charge in [-0.25, -0.2) is 9.37 Å². The second-order valence-corrected chi connectivity index (χ2v) is 6.92. The highest BCUT2D eigenvalue weighted by molar-refractivity contribution is 9.10. The van der Waals surface area contributed by atoms with Crippen LogP contribution in [0.5, 0.6) is 0 Å². The molecule has 1 aliphatic rings. The standard InChI is InChI=1S/C15H18BrClFN3/c1-20-4-2-3-10(8-20)9-21-14-6-12(18)11(16)5-13(14)19-15(21)7-17/h5-6,10H,2-4,7-9H2,1H3. The summed E-state index contributed by atoms with van der Waals surface area (Å²) in [4.78, 5) is 6.89. The Morgan fingerprint density at radius 1 is 1.48 bits per heavy atom. The largest absolute Gasteiger partial charge is 0.327 e. The maximum Gasteiger partial charge on any atom is 0.139 e. The lowest BCUT2D eigenvalue weighted by Gasteiger charge is -2.30. The van der Waals surface area contributed by atoms with Crippen LogP contribution >= 0.6 is 27.5 Å². The third-order valence-corrected chi connectivity index (χ3v) is 5.00.